The number of carboxylic acid groups (broad SMARTS) is 1. The number of aromatic nitrogens is 2. The predicted octanol–water partition coefficient (Wildman–Crippen LogP) is 1.69. The van der Waals surface area contributed by atoms with Gasteiger partial charge in [0.25, 0.3) is 0 Å². The minimum Gasteiger partial charge on any atom is -0.481 e. The van der Waals surface area contributed by atoms with Crippen molar-refractivity contribution in [3.8, 4) is 0 Å². The third kappa shape index (κ3) is 2.62. The first kappa shape index (κ1) is 13.6. The zero-order chi connectivity index (χ0) is 14.8. The molecule has 1 saturated heterocycles. The molecule has 108 valence electrons. The third-order valence-electron chi connectivity index (χ3n) is 2.95. The molecule has 1 N–H and O–H groups in total. The maximum absolute atomic E-state index is 12.5. The highest BCUT2D eigenvalue weighted by Crippen LogP contribution is 2.45. The number of rotatable bonds is 4. The standard InChI is InChI=1S/C13H11N3O4S/c17-10(18)7-9-11(19)16(13-14-4-2-5-15-13)12(21-9)8-3-1-6-20-8/h1-6,9,12H,7H2,(H,17,18). The van der Waals surface area contributed by atoms with Gasteiger partial charge in [-0.05, 0) is 18.2 Å². The maximum atomic E-state index is 12.5. The number of nitrogens with zero attached hydrogens (tertiary/aromatic N) is 3. The average molecular weight is 305 g/mol. The van der Waals surface area contributed by atoms with Crippen molar-refractivity contribution in [2.24, 2.45) is 0 Å². The van der Waals surface area contributed by atoms with Crippen molar-refractivity contribution in [3.63, 3.8) is 0 Å². The molecule has 0 saturated carbocycles. The van der Waals surface area contributed by atoms with E-state index in [1.165, 1.54) is 35.3 Å². The number of thioether (sulfide) groups is 1. The molecule has 21 heavy (non-hydrogen) atoms. The fraction of sp³-hybridized carbons (Fsp3) is 0.231. The molecule has 1 amide bonds. The van der Waals surface area contributed by atoms with Crippen LogP contribution in [0.4, 0.5) is 5.95 Å². The summed E-state index contributed by atoms with van der Waals surface area (Å²) in [6.45, 7) is 0. The van der Waals surface area contributed by atoms with Gasteiger partial charge in [-0.25, -0.2) is 9.97 Å². The summed E-state index contributed by atoms with van der Waals surface area (Å²) in [6.07, 6.45) is 4.33. The number of carboxylic acids is 1. The number of anilines is 1. The van der Waals surface area contributed by atoms with Crippen LogP contribution in [0.15, 0.2) is 41.3 Å². The van der Waals surface area contributed by atoms with Crippen LogP contribution in [-0.4, -0.2) is 32.2 Å². The summed E-state index contributed by atoms with van der Waals surface area (Å²) in [7, 11) is 0. The van der Waals surface area contributed by atoms with Crippen LogP contribution in [0.2, 0.25) is 0 Å². The summed E-state index contributed by atoms with van der Waals surface area (Å²) in [5, 5.41) is 7.79. The van der Waals surface area contributed by atoms with Crippen molar-refractivity contribution in [1.82, 2.24) is 9.97 Å². The summed E-state index contributed by atoms with van der Waals surface area (Å²) in [6, 6.07) is 5.10. The van der Waals surface area contributed by atoms with Crippen LogP contribution >= 0.6 is 11.8 Å². The van der Waals surface area contributed by atoms with Gasteiger partial charge in [-0.2, -0.15) is 0 Å². The molecule has 2 atom stereocenters. The fourth-order valence-corrected chi connectivity index (χ4v) is 3.45. The van der Waals surface area contributed by atoms with Gasteiger partial charge in [0.15, 0.2) is 0 Å². The van der Waals surface area contributed by atoms with E-state index in [0.717, 1.165) is 0 Å². The first-order valence-electron chi connectivity index (χ1n) is 6.17. The Morgan fingerprint density at radius 1 is 1.38 bits per heavy atom. The van der Waals surface area contributed by atoms with Crippen LogP contribution in [0.3, 0.4) is 0 Å². The Balaban J connectivity index is 1.96. The molecule has 0 aromatic carbocycles. The van der Waals surface area contributed by atoms with E-state index >= 15 is 0 Å². The number of amides is 1. The molecule has 3 heterocycles. The van der Waals surface area contributed by atoms with Crippen LogP contribution in [0.25, 0.3) is 0 Å². The van der Waals surface area contributed by atoms with Crippen molar-refractivity contribution in [3.05, 3.63) is 42.6 Å². The number of furan rings is 1. The van der Waals surface area contributed by atoms with E-state index in [1.54, 1.807) is 18.2 Å². The molecule has 7 nitrogen and oxygen atoms in total. The third-order valence-corrected chi connectivity index (χ3v) is 4.35. The van der Waals surface area contributed by atoms with Gasteiger partial charge in [-0.15, -0.1) is 11.8 Å². The lowest BCUT2D eigenvalue weighted by molar-refractivity contribution is -0.138. The molecular formula is C13H11N3O4S. The molecule has 1 aliphatic rings. The van der Waals surface area contributed by atoms with Crippen molar-refractivity contribution in [1.29, 1.82) is 0 Å². The van der Waals surface area contributed by atoms with Gasteiger partial charge in [-0.1, -0.05) is 0 Å². The first-order chi connectivity index (χ1) is 10.2. The number of carbonyl (C=O) groups is 2. The lowest BCUT2D eigenvalue weighted by atomic mass is 10.2. The van der Waals surface area contributed by atoms with Crippen LogP contribution in [0.1, 0.15) is 17.6 Å². The van der Waals surface area contributed by atoms with Gasteiger partial charge in [0, 0.05) is 12.4 Å². The Kier molecular flexibility index (Phi) is 3.61. The summed E-state index contributed by atoms with van der Waals surface area (Å²) < 4.78 is 5.35. The SMILES string of the molecule is O=C(O)CC1SC(c2ccco2)N(c2ncccn2)C1=O. The van der Waals surface area contributed by atoms with Gasteiger partial charge in [0.1, 0.15) is 11.1 Å². The summed E-state index contributed by atoms with van der Waals surface area (Å²) in [5.41, 5.74) is 0. The Hall–Kier alpha value is -2.35. The molecule has 1 aliphatic heterocycles. The highest BCUT2D eigenvalue weighted by molar-refractivity contribution is 8.01. The minimum absolute atomic E-state index is 0.240. The van der Waals surface area contributed by atoms with E-state index in [0.29, 0.717) is 5.76 Å². The summed E-state index contributed by atoms with van der Waals surface area (Å²) in [5.74, 6) is -0.539. The summed E-state index contributed by atoms with van der Waals surface area (Å²) in [4.78, 5) is 32.9. The first-order valence-corrected chi connectivity index (χ1v) is 7.12. The molecule has 0 radical (unpaired) electrons. The van der Waals surface area contributed by atoms with Gasteiger partial charge >= 0.3 is 5.97 Å². The highest BCUT2D eigenvalue weighted by Gasteiger charge is 2.45. The highest BCUT2D eigenvalue weighted by atomic mass is 32.2. The fourth-order valence-electron chi connectivity index (χ4n) is 2.08. The molecule has 0 bridgehead atoms. The minimum atomic E-state index is -1.02. The molecule has 2 aromatic rings. The second kappa shape index (κ2) is 5.57. The Bertz CT molecular complexity index is 647. The average Bonchev–Trinajstić information content (AvgIpc) is 3.08. The second-order valence-corrected chi connectivity index (χ2v) is 5.64. The van der Waals surface area contributed by atoms with E-state index in [-0.39, 0.29) is 18.3 Å². The molecule has 0 spiro atoms. The van der Waals surface area contributed by atoms with E-state index in [4.69, 9.17) is 9.52 Å². The zero-order valence-corrected chi connectivity index (χ0v) is 11.6. The van der Waals surface area contributed by atoms with E-state index < -0.39 is 16.6 Å². The van der Waals surface area contributed by atoms with Gasteiger partial charge < -0.3 is 9.52 Å². The Morgan fingerprint density at radius 2 is 2.14 bits per heavy atom. The predicted molar refractivity (Wildman–Crippen MR) is 74.6 cm³/mol. The van der Waals surface area contributed by atoms with Gasteiger partial charge in [0.2, 0.25) is 11.9 Å². The molecule has 0 aliphatic carbocycles. The molecule has 2 aromatic heterocycles. The van der Waals surface area contributed by atoms with Crippen LogP contribution in [-0.2, 0) is 9.59 Å². The largest absolute Gasteiger partial charge is 0.481 e. The molecular weight excluding hydrogens is 294 g/mol. The zero-order valence-electron chi connectivity index (χ0n) is 10.7. The smallest absolute Gasteiger partial charge is 0.305 e. The molecule has 1 fully saturated rings. The molecule has 3 rings (SSSR count). The van der Waals surface area contributed by atoms with Crippen molar-refractivity contribution < 1.29 is 19.1 Å². The number of hydrogen-bond acceptors (Lipinski definition) is 6. The van der Waals surface area contributed by atoms with Crippen molar-refractivity contribution in [2.75, 3.05) is 4.90 Å². The lowest BCUT2D eigenvalue weighted by Crippen LogP contribution is -2.33. The van der Waals surface area contributed by atoms with E-state index in [9.17, 15) is 9.59 Å². The van der Waals surface area contributed by atoms with Crippen LogP contribution in [0, 0.1) is 0 Å². The number of hydrogen-bond donors (Lipinski definition) is 1. The van der Waals surface area contributed by atoms with Crippen LogP contribution < -0.4 is 4.90 Å². The van der Waals surface area contributed by atoms with Crippen molar-refractivity contribution >= 4 is 29.6 Å². The Morgan fingerprint density at radius 3 is 2.76 bits per heavy atom. The second-order valence-electron chi connectivity index (χ2n) is 4.35. The Labute approximate surface area is 124 Å². The summed E-state index contributed by atoms with van der Waals surface area (Å²) >= 11 is 1.23. The topological polar surface area (TPSA) is 96.5 Å². The van der Waals surface area contributed by atoms with Crippen molar-refractivity contribution in [2.45, 2.75) is 17.0 Å². The lowest BCUT2D eigenvalue weighted by Gasteiger charge is -2.19. The maximum Gasteiger partial charge on any atom is 0.305 e. The van der Waals surface area contributed by atoms with E-state index in [1.807, 2.05) is 0 Å². The molecule has 8 heteroatoms. The van der Waals surface area contributed by atoms with Gasteiger partial charge in [0.05, 0.1) is 17.9 Å². The van der Waals surface area contributed by atoms with Crippen LogP contribution in [0.5, 0.6) is 0 Å². The number of aliphatic carboxylic acids is 1. The molecule has 2 unspecified atom stereocenters. The van der Waals surface area contributed by atoms with Gasteiger partial charge in [-0.3, -0.25) is 14.5 Å². The van der Waals surface area contributed by atoms with E-state index in [2.05, 4.69) is 9.97 Å². The quantitative estimate of drug-likeness (QED) is 0.918. The number of carbonyl (C=O) groups excluding carboxylic acids is 1. The normalized spacial score (nSPS) is 21.7. The monoisotopic (exact) mass is 305 g/mol.